The largest absolute Gasteiger partial charge is 0.350 e. The zero-order chi connectivity index (χ0) is 15.8. The van der Waals surface area contributed by atoms with Crippen LogP contribution in [0, 0.1) is 6.92 Å². The molecule has 1 aliphatic rings. The van der Waals surface area contributed by atoms with E-state index >= 15 is 0 Å². The van der Waals surface area contributed by atoms with Gasteiger partial charge in [0.1, 0.15) is 5.52 Å². The first-order valence-corrected chi connectivity index (χ1v) is 8.13. The fraction of sp³-hybridized carbons (Fsp3) is 0.412. The molecule has 0 radical (unpaired) electrons. The van der Waals surface area contributed by atoms with E-state index in [1.807, 2.05) is 6.20 Å². The number of nitrogens with one attached hydrogen (secondary N) is 2. The number of benzene rings is 1. The van der Waals surface area contributed by atoms with E-state index in [1.54, 1.807) is 4.68 Å². The Bertz CT molecular complexity index is 904. The summed E-state index contributed by atoms with van der Waals surface area (Å²) < 4.78 is 1.58. The molecule has 4 rings (SSSR count). The third-order valence-corrected chi connectivity index (χ3v) is 4.61. The number of rotatable bonds is 3. The summed E-state index contributed by atoms with van der Waals surface area (Å²) in [6, 6.07) is 6.18. The molecular weight excluding hydrogens is 290 g/mol. The van der Waals surface area contributed by atoms with Crippen molar-refractivity contribution in [2.75, 3.05) is 32.7 Å². The Morgan fingerprint density at radius 1 is 1.17 bits per heavy atom. The van der Waals surface area contributed by atoms with Gasteiger partial charge >= 0.3 is 0 Å². The fourth-order valence-electron chi connectivity index (χ4n) is 3.27. The van der Waals surface area contributed by atoms with Gasteiger partial charge in [-0.2, -0.15) is 5.10 Å². The molecule has 6 nitrogen and oxygen atoms in total. The minimum absolute atomic E-state index is 0.0357. The van der Waals surface area contributed by atoms with Crippen LogP contribution in [0.2, 0.25) is 0 Å². The third-order valence-electron chi connectivity index (χ3n) is 4.61. The Kier molecular flexibility index (Phi) is 3.63. The first-order valence-electron chi connectivity index (χ1n) is 8.13. The van der Waals surface area contributed by atoms with Crippen LogP contribution >= 0.6 is 0 Å². The maximum absolute atomic E-state index is 12.7. The van der Waals surface area contributed by atoms with Crippen molar-refractivity contribution in [2.24, 2.45) is 0 Å². The van der Waals surface area contributed by atoms with Crippen LogP contribution in [0.15, 0.2) is 29.2 Å². The van der Waals surface area contributed by atoms with Gasteiger partial charge in [0.15, 0.2) is 0 Å². The van der Waals surface area contributed by atoms with Gasteiger partial charge in [0.05, 0.1) is 12.7 Å². The van der Waals surface area contributed by atoms with Gasteiger partial charge < -0.3 is 10.3 Å². The van der Waals surface area contributed by atoms with Crippen LogP contribution in [-0.4, -0.2) is 52.4 Å². The van der Waals surface area contributed by atoms with Crippen molar-refractivity contribution in [1.82, 2.24) is 25.0 Å². The highest BCUT2D eigenvalue weighted by Gasteiger charge is 2.13. The smallest absolute Gasteiger partial charge is 0.291 e. The van der Waals surface area contributed by atoms with Crippen molar-refractivity contribution < 1.29 is 0 Å². The number of aryl methyl sites for hydroxylation is 1. The molecule has 0 amide bonds. The maximum atomic E-state index is 12.7. The molecule has 0 aliphatic carbocycles. The summed E-state index contributed by atoms with van der Waals surface area (Å²) >= 11 is 0. The predicted molar refractivity (Wildman–Crippen MR) is 91.9 cm³/mol. The maximum Gasteiger partial charge on any atom is 0.291 e. The van der Waals surface area contributed by atoms with Crippen LogP contribution in [0.4, 0.5) is 0 Å². The zero-order valence-electron chi connectivity index (χ0n) is 13.3. The summed E-state index contributed by atoms with van der Waals surface area (Å²) in [7, 11) is 0. The number of aromatic nitrogens is 3. The number of hydrogen-bond donors (Lipinski definition) is 2. The van der Waals surface area contributed by atoms with E-state index in [0.29, 0.717) is 12.1 Å². The molecule has 2 aromatic heterocycles. The normalized spacial score (nSPS) is 16.4. The predicted octanol–water partition coefficient (Wildman–Crippen LogP) is 1.09. The first kappa shape index (κ1) is 14.4. The summed E-state index contributed by atoms with van der Waals surface area (Å²) in [4.78, 5) is 18.3. The quantitative estimate of drug-likeness (QED) is 0.760. The molecule has 3 heterocycles. The van der Waals surface area contributed by atoms with E-state index < -0.39 is 0 Å². The Labute approximate surface area is 134 Å². The summed E-state index contributed by atoms with van der Waals surface area (Å²) in [5.41, 5.74) is 2.79. The van der Waals surface area contributed by atoms with Gasteiger partial charge in [0.2, 0.25) is 0 Å². The molecule has 0 unspecified atom stereocenters. The Morgan fingerprint density at radius 2 is 2.00 bits per heavy atom. The highest BCUT2D eigenvalue weighted by molar-refractivity contribution is 6.06. The minimum Gasteiger partial charge on any atom is -0.350 e. The lowest BCUT2D eigenvalue weighted by Crippen LogP contribution is -2.45. The Balaban J connectivity index is 1.67. The molecule has 0 bridgehead atoms. The molecule has 1 fully saturated rings. The SMILES string of the molecule is Cc1ccc2c(c1)[nH]c1c(=O)n(CCN3CCNCC3)ncc12. The Morgan fingerprint density at radius 3 is 2.83 bits per heavy atom. The lowest BCUT2D eigenvalue weighted by molar-refractivity contribution is 0.228. The average Bonchev–Trinajstić information content (AvgIpc) is 2.93. The van der Waals surface area contributed by atoms with Gasteiger partial charge in [-0.1, -0.05) is 12.1 Å². The molecule has 1 aliphatic heterocycles. The molecule has 6 heteroatoms. The molecule has 23 heavy (non-hydrogen) atoms. The average molecular weight is 311 g/mol. The highest BCUT2D eigenvalue weighted by atomic mass is 16.1. The van der Waals surface area contributed by atoms with Gasteiger partial charge in [0.25, 0.3) is 5.56 Å². The van der Waals surface area contributed by atoms with Crippen LogP contribution < -0.4 is 10.9 Å². The van der Waals surface area contributed by atoms with Crippen molar-refractivity contribution >= 4 is 21.8 Å². The van der Waals surface area contributed by atoms with Crippen LogP contribution in [0.1, 0.15) is 5.56 Å². The van der Waals surface area contributed by atoms with Crippen molar-refractivity contribution in [2.45, 2.75) is 13.5 Å². The van der Waals surface area contributed by atoms with Gasteiger partial charge in [0, 0.05) is 49.0 Å². The molecule has 3 aromatic rings. The molecular formula is C17H21N5O. The van der Waals surface area contributed by atoms with Gasteiger partial charge in [-0.3, -0.25) is 9.69 Å². The zero-order valence-corrected chi connectivity index (χ0v) is 13.3. The summed E-state index contributed by atoms with van der Waals surface area (Å²) in [6.07, 6.45) is 1.81. The van der Waals surface area contributed by atoms with Crippen LogP contribution in [0.5, 0.6) is 0 Å². The molecule has 0 saturated carbocycles. The number of hydrogen-bond acceptors (Lipinski definition) is 4. The fourth-order valence-corrected chi connectivity index (χ4v) is 3.27. The lowest BCUT2D eigenvalue weighted by Gasteiger charge is -2.26. The number of piperazine rings is 1. The second kappa shape index (κ2) is 5.79. The standard InChI is InChI=1S/C17H21N5O/c1-12-2-3-13-14-11-19-22(9-8-21-6-4-18-5-7-21)17(23)16(14)20-15(13)10-12/h2-3,10-11,18,20H,4-9H2,1H3. The van der Waals surface area contributed by atoms with E-state index in [0.717, 1.165) is 49.0 Å². The number of H-pyrrole nitrogens is 1. The van der Waals surface area contributed by atoms with Crippen molar-refractivity contribution in [3.05, 3.63) is 40.3 Å². The summed E-state index contributed by atoms with van der Waals surface area (Å²) in [6.45, 7) is 7.63. The van der Waals surface area contributed by atoms with Crippen LogP contribution in [-0.2, 0) is 6.54 Å². The van der Waals surface area contributed by atoms with Crippen LogP contribution in [0.25, 0.3) is 21.8 Å². The first-order chi connectivity index (χ1) is 11.2. The van der Waals surface area contributed by atoms with E-state index in [9.17, 15) is 4.79 Å². The van der Waals surface area contributed by atoms with E-state index in [2.05, 4.69) is 45.4 Å². The third kappa shape index (κ3) is 2.64. The second-order valence-corrected chi connectivity index (χ2v) is 6.23. The van der Waals surface area contributed by atoms with Gasteiger partial charge in [-0.25, -0.2) is 4.68 Å². The summed E-state index contributed by atoms with van der Waals surface area (Å²) in [5, 5.41) is 9.68. The molecule has 0 spiro atoms. The second-order valence-electron chi connectivity index (χ2n) is 6.23. The van der Waals surface area contributed by atoms with Crippen molar-refractivity contribution in [1.29, 1.82) is 0 Å². The molecule has 0 atom stereocenters. The van der Waals surface area contributed by atoms with Crippen molar-refractivity contribution in [3.8, 4) is 0 Å². The van der Waals surface area contributed by atoms with Crippen molar-refractivity contribution in [3.63, 3.8) is 0 Å². The summed E-state index contributed by atoms with van der Waals surface area (Å²) in [5.74, 6) is 0. The highest BCUT2D eigenvalue weighted by Crippen LogP contribution is 2.23. The number of aromatic amines is 1. The molecule has 1 aromatic carbocycles. The topological polar surface area (TPSA) is 66.0 Å². The molecule has 2 N–H and O–H groups in total. The van der Waals surface area contributed by atoms with E-state index in [1.165, 1.54) is 5.56 Å². The number of fused-ring (bicyclic) bond motifs is 3. The van der Waals surface area contributed by atoms with E-state index in [4.69, 9.17) is 0 Å². The van der Waals surface area contributed by atoms with Gasteiger partial charge in [-0.05, 0) is 18.6 Å². The van der Waals surface area contributed by atoms with E-state index in [-0.39, 0.29) is 5.56 Å². The Hall–Kier alpha value is -2.18. The number of nitrogens with zero attached hydrogens (tertiary/aromatic N) is 3. The molecule has 120 valence electrons. The lowest BCUT2D eigenvalue weighted by atomic mass is 10.1. The minimum atomic E-state index is -0.0357. The van der Waals surface area contributed by atoms with Crippen LogP contribution in [0.3, 0.4) is 0 Å². The monoisotopic (exact) mass is 311 g/mol. The van der Waals surface area contributed by atoms with Gasteiger partial charge in [-0.15, -0.1) is 0 Å². The molecule has 1 saturated heterocycles.